The maximum absolute atomic E-state index is 9.08. The highest BCUT2D eigenvalue weighted by molar-refractivity contribution is 5.71. The lowest BCUT2D eigenvalue weighted by Gasteiger charge is -2.03. The van der Waals surface area contributed by atoms with E-state index in [2.05, 4.69) is 9.55 Å². The third kappa shape index (κ3) is 1.59. The normalized spacial score (nSPS) is 10.9. The highest BCUT2D eigenvalue weighted by Gasteiger charge is 2.13. The van der Waals surface area contributed by atoms with Crippen LogP contribution in [0.3, 0.4) is 0 Å². The summed E-state index contributed by atoms with van der Waals surface area (Å²) in [6, 6.07) is 5.84. The standard InChI is InChI=1S/C12H15N2O/c1-8-9(2)14(3)12-6-10(7-15)4-5-11(12)13-8/h4-6,15H,7H2,1-3H3/q+1. The van der Waals surface area contributed by atoms with Gasteiger partial charge >= 0.3 is 0 Å². The largest absolute Gasteiger partial charge is 0.392 e. The molecule has 2 rings (SSSR count). The molecular weight excluding hydrogens is 188 g/mol. The van der Waals surface area contributed by atoms with Gasteiger partial charge in [0.25, 0.3) is 0 Å². The monoisotopic (exact) mass is 203 g/mol. The quantitative estimate of drug-likeness (QED) is 0.706. The fraction of sp³-hybridized carbons (Fsp3) is 0.333. The van der Waals surface area contributed by atoms with Crippen molar-refractivity contribution in [1.29, 1.82) is 0 Å². The Bertz CT molecular complexity index is 521. The fourth-order valence-electron chi connectivity index (χ4n) is 1.72. The van der Waals surface area contributed by atoms with Gasteiger partial charge in [0.1, 0.15) is 18.3 Å². The molecule has 2 aromatic rings. The zero-order valence-corrected chi connectivity index (χ0v) is 9.28. The van der Waals surface area contributed by atoms with E-state index in [1.54, 1.807) is 0 Å². The van der Waals surface area contributed by atoms with Crippen molar-refractivity contribution in [3.63, 3.8) is 0 Å². The van der Waals surface area contributed by atoms with E-state index in [9.17, 15) is 0 Å². The van der Waals surface area contributed by atoms with E-state index in [1.807, 2.05) is 39.1 Å². The first-order valence-corrected chi connectivity index (χ1v) is 5.00. The summed E-state index contributed by atoms with van der Waals surface area (Å²) in [7, 11) is 2.02. The number of hydrogen-bond acceptors (Lipinski definition) is 2. The smallest absolute Gasteiger partial charge is 0.231 e. The summed E-state index contributed by atoms with van der Waals surface area (Å²) in [6.07, 6.45) is 0. The van der Waals surface area contributed by atoms with E-state index in [0.717, 1.165) is 28.0 Å². The minimum atomic E-state index is 0.0723. The first kappa shape index (κ1) is 10.1. The maximum atomic E-state index is 9.08. The summed E-state index contributed by atoms with van der Waals surface area (Å²) in [4.78, 5) is 4.51. The Hall–Kier alpha value is -1.48. The van der Waals surface area contributed by atoms with E-state index in [4.69, 9.17) is 5.11 Å². The van der Waals surface area contributed by atoms with Crippen LogP contribution in [0.25, 0.3) is 11.0 Å². The molecule has 0 spiro atoms. The second-order valence-electron chi connectivity index (χ2n) is 3.82. The van der Waals surface area contributed by atoms with Crippen LogP contribution in [0.5, 0.6) is 0 Å². The van der Waals surface area contributed by atoms with E-state index in [0.29, 0.717) is 0 Å². The van der Waals surface area contributed by atoms with Gasteiger partial charge in [0.2, 0.25) is 5.52 Å². The number of aliphatic hydroxyl groups excluding tert-OH is 1. The van der Waals surface area contributed by atoms with Crippen molar-refractivity contribution in [2.75, 3.05) is 0 Å². The summed E-state index contributed by atoms with van der Waals surface area (Å²) in [6.45, 7) is 4.13. The van der Waals surface area contributed by atoms with E-state index in [1.165, 1.54) is 0 Å². The topological polar surface area (TPSA) is 37.0 Å². The number of aryl methyl sites for hydroxylation is 2. The van der Waals surface area contributed by atoms with E-state index < -0.39 is 0 Å². The Morgan fingerprint density at radius 1 is 1.33 bits per heavy atom. The number of fused-ring (bicyclic) bond motifs is 1. The van der Waals surface area contributed by atoms with Gasteiger partial charge in [-0.3, -0.25) is 0 Å². The molecule has 0 atom stereocenters. The molecule has 3 heteroatoms. The molecule has 0 amide bonds. The van der Waals surface area contributed by atoms with Crippen molar-refractivity contribution >= 4 is 11.0 Å². The molecule has 1 N–H and O–H groups in total. The predicted octanol–water partition coefficient (Wildman–Crippen LogP) is 1.17. The molecule has 3 nitrogen and oxygen atoms in total. The minimum absolute atomic E-state index is 0.0723. The molecular formula is C12H15N2O+. The molecule has 1 aromatic carbocycles. The lowest BCUT2D eigenvalue weighted by molar-refractivity contribution is -0.652. The third-order valence-corrected chi connectivity index (χ3v) is 2.90. The summed E-state index contributed by atoms with van der Waals surface area (Å²) < 4.78 is 2.11. The predicted molar refractivity (Wildman–Crippen MR) is 58.3 cm³/mol. The molecule has 15 heavy (non-hydrogen) atoms. The third-order valence-electron chi connectivity index (χ3n) is 2.90. The fourth-order valence-corrected chi connectivity index (χ4v) is 1.72. The first-order valence-electron chi connectivity index (χ1n) is 5.00. The van der Waals surface area contributed by atoms with Crippen molar-refractivity contribution in [2.45, 2.75) is 20.5 Å². The van der Waals surface area contributed by atoms with Crippen LogP contribution in [-0.2, 0) is 13.7 Å². The van der Waals surface area contributed by atoms with Crippen molar-refractivity contribution in [3.05, 3.63) is 35.2 Å². The lowest BCUT2D eigenvalue weighted by Crippen LogP contribution is -2.34. The highest BCUT2D eigenvalue weighted by atomic mass is 16.3. The zero-order valence-electron chi connectivity index (χ0n) is 9.28. The van der Waals surface area contributed by atoms with Crippen LogP contribution in [0.1, 0.15) is 17.0 Å². The Morgan fingerprint density at radius 3 is 2.73 bits per heavy atom. The SMILES string of the molecule is Cc1nc2ccc(CO)cc2[n+](C)c1C. The van der Waals surface area contributed by atoms with E-state index >= 15 is 0 Å². The average molecular weight is 203 g/mol. The molecule has 1 heterocycles. The van der Waals surface area contributed by atoms with Crippen LogP contribution in [0.15, 0.2) is 18.2 Å². The van der Waals surface area contributed by atoms with Gasteiger partial charge in [0.05, 0.1) is 6.61 Å². The van der Waals surface area contributed by atoms with Crippen LogP contribution in [0.2, 0.25) is 0 Å². The van der Waals surface area contributed by atoms with Gasteiger partial charge in [-0.2, -0.15) is 4.57 Å². The molecule has 0 saturated carbocycles. The van der Waals surface area contributed by atoms with Crippen LogP contribution in [0.4, 0.5) is 0 Å². The number of aromatic nitrogens is 2. The second-order valence-corrected chi connectivity index (χ2v) is 3.82. The van der Waals surface area contributed by atoms with Crippen LogP contribution in [-0.4, -0.2) is 10.1 Å². The summed E-state index contributed by atoms with van der Waals surface area (Å²) >= 11 is 0. The van der Waals surface area contributed by atoms with Gasteiger partial charge in [-0.05, 0) is 18.6 Å². The molecule has 0 fully saturated rings. The van der Waals surface area contributed by atoms with Crippen molar-refractivity contribution in [1.82, 2.24) is 4.98 Å². The van der Waals surface area contributed by atoms with Gasteiger partial charge in [-0.15, -0.1) is 0 Å². The van der Waals surface area contributed by atoms with Gasteiger partial charge in [0.15, 0.2) is 5.69 Å². The van der Waals surface area contributed by atoms with Crippen molar-refractivity contribution in [3.8, 4) is 0 Å². The van der Waals surface area contributed by atoms with Crippen LogP contribution in [0, 0.1) is 13.8 Å². The van der Waals surface area contributed by atoms with Gasteiger partial charge < -0.3 is 5.11 Å². The van der Waals surface area contributed by atoms with Crippen LogP contribution >= 0.6 is 0 Å². The Balaban J connectivity index is 2.81. The molecule has 0 aliphatic carbocycles. The molecule has 0 unspecified atom stereocenters. The maximum Gasteiger partial charge on any atom is 0.231 e. The summed E-state index contributed by atoms with van der Waals surface area (Å²) in [5.74, 6) is 0. The molecule has 78 valence electrons. The van der Waals surface area contributed by atoms with Crippen LogP contribution < -0.4 is 4.57 Å². The lowest BCUT2D eigenvalue weighted by atomic mass is 10.2. The zero-order chi connectivity index (χ0) is 11.0. The minimum Gasteiger partial charge on any atom is -0.392 e. The summed E-state index contributed by atoms with van der Waals surface area (Å²) in [5, 5.41) is 9.08. The van der Waals surface area contributed by atoms with Gasteiger partial charge in [-0.25, -0.2) is 4.98 Å². The molecule has 0 bridgehead atoms. The van der Waals surface area contributed by atoms with Crippen molar-refractivity contribution in [2.24, 2.45) is 7.05 Å². The number of hydrogen-bond donors (Lipinski definition) is 1. The molecule has 0 radical (unpaired) electrons. The Kier molecular flexibility index (Phi) is 2.40. The van der Waals surface area contributed by atoms with Gasteiger partial charge in [0, 0.05) is 13.0 Å². The first-order chi connectivity index (χ1) is 7.13. The molecule has 0 aliphatic rings. The highest BCUT2D eigenvalue weighted by Crippen LogP contribution is 2.12. The number of nitrogens with zero attached hydrogens (tertiary/aromatic N) is 2. The van der Waals surface area contributed by atoms with E-state index in [-0.39, 0.29) is 6.61 Å². The number of rotatable bonds is 1. The second kappa shape index (κ2) is 3.59. The summed E-state index contributed by atoms with van der Waals surface area (Å²) in [5.41, 5.74) is 5.14. The van der Waals surface area contributed by atoms with Crippen molar-refractivity contribution < 1.29 is 9.67 Å². The molecule has 0 aliphatic heterocycles. The average Bonchev–Trinajstić information content (AvgIpc) is 2.26. The number of benzene rings is 1. The Morgan fingerprint density at radius 2 is 2.07 bits per heavy atom. The molecule has 1 aromatic heterocycles. The van der Waals surface area contributed by atoms with Gasteiger partial charge in [-0.1, -0.05) is 6.07 Å². The molecule has 0 saturated heterocycles. The Labute approximate surface area is 89.0 Å². The number of aliphatic hydroxyl groups is 1.